The largest absolute Gasteiger partial charge is 0.497 e. The Labute approximate surface area is 138 Å². The number of hydrogen-bond donors (Lipinski definition) is 0. The van der Waals surface area contributed by atoms with Gasteiger partial charge in [-0.3, -0.25) is 4.98 Å². The topological polar surface area (TPSA) is 25.4 Å². The third kappa shape index (κ3) is 2.58. The van der Waals surface area contributed by atoms with Crippen LogP contribution in [0, 0.1) is 11.8 Å². The van der Waals surface area contributed by atoms with E-state index < -0.39 is 0 Å². The van der Waals surface area contributed by atoms with Gasteiger partial charge >= 0.3 is 0 Å². The maximum atomic E-state index is 5.39. The lowest BCUT2D eigenvalue weighted by atomic mass is 9.76. The van der Waals surface area contributed by atoms with Crippen molar-refractivity contribution in [3.63, 3.8) is 0 Å². The summed E-state index contributed by atoms with van der Waals surface area (Å²) >= 11 is 0. The van der Waals surface area contributed by atoms with Crippen molar-refractivity contribution in [2.45, 2.75) is 26.2 Å². The van der Waals surface area contributed by atoms with Gasteiger partial charge in [0.15, 0.2) is 0 Å². The van der Waals surface area contributed by atoms with E-state index in [4.69, 9.17) is 4.74 Å². The fourth-order valence-electron chi connectivity index (χ4n) is 4.20. The molecular formula is C20H24N2O. The molecule has 1 aromatic heterocycles. The molecule has 3 nitrogen and oxygen atoms in total. The number of piperidine rings is 3. The van der Waals surface area contributed by atoms with Gasteiger partial charge in [0.2, 0.25) is 0 Å². The second kappa shape index (κ2) is 5.88. The zero-order valence-electron chi connectivity index (χ0n) is 14.0. The first-order valence-electron chi connectivity index (χ1n) is 8.66. The lowest BCUT2D eigenvalue weighted by molar-refractivity contribution is 0.0903. The Balaban J connectivity index is 1.73. The number of fused-ring (bicyclic) bond motifs is 4. The van der Waals surface area contributed by atoms with Crippen LogP contribution >= 0.6 is 0 Å². The normalized spacial score (nSPS) is 25.3. The summed E-state index contributed by atoms with van der Waals surface area (Å²) < 4.78 is 5.39. The van der Waals surface area contributed by atoms with Gasteiger partial charge in [0.25, 0.3) is 0 Å². The number of hydrogen-bond acceptors (Lipinski definition) is 3. The molecule has 2 atom stereocenters. The van der Waals surface area contributed by atoms with E-state index >= 15 is 0 Å². The Kier molecular flexibility index (Phi) is 3.72. The third-order valence-corrected chi connectivity index (χ3v) is 5.60. The van der Waals surface area contributed by atoms with Gasteiger partial charge in [-0.1, -0.05) is 13.3 Å². The van der Waals surface area contributed by atoms with Crippen molar-refractivity contribution in [2.24, 2.45) is 11.8 Å². The minimum absolute atomic E-state index is 0.874. The maximum absolute atomic E-state index is 5.39. The molecule has 0 aliphatic carbocycles. The number of methoxy groups -OCH3 is 1. The van der Waals surface area contributed by atoms with E-state index in [2.05, 4.69) is 35.0 Å². The van der Waals surface area contributed by atoms with E-state index in [0.29, 0.717) is 0 Å². The molecule has 3 fully saturated rings. The molecule has 2 bridgehead atoms. The Hall–Kier alpha value is -2.03. The first kappa shape index (κ1) is 14.6. The van der Waals surface area contributed by atoms with Gasteiger partial charge in [0.05, 0.1) is 12.6 Å². The highest BCUT2D eigenvalue weighted by molar-refractivity contribution is 5.89. The number of nitrogens with zero attached hydrogens (tertiary/aromatic N) is 2. The standard InChI is InChI=1S/C20H24N2O/c1-3-14-13-22-9-7-15(14)10-17(22)11-16-6-8-21-20-5-4-18(23-2)12-19(16)20/h4-6,8,11-12,14-15H,3,7,9-10,13H2,1-2H3/b17-11+/t14-,15-/m0/s1. The van der Waals surface area contributed by atoms with E-state index in [-0.39, 0.29) is 0 Å². The van der Waals surface area contributed by atoms with Crippen molar-refractivity contribution < 1.29 is 4.74 Å². The van der Waals surface area contributed by atoms with Crippen LogP contribution in [-0.4, -0.2) is 30.1 Å². The lowest BCUT2D eigenvalue weighted by Crippen LogP contribution is -2.45. The molecule has 0 unspecified atom stereocenters. The molecule has 120 valence electrons. The van der Waals surface area contributed by atoms with Gasteiger partial charge in [0, 0.05) is 30.4 Å². The quantitative estimate of drug-likeness (QED) is 0.843. The number of aromatic nitrogens is 1. The molecule has 0 amide bonds. The average molecular weight is 308 g/mol. The van der Waals surface area contributed by atoms with Crippen LogP contribution in [0.25, 0.3) is 17.0 Å². The first-order chi connectivity index (χ1) is 11.3. The molecule has 0 radical (unpaired) electrons. The van der Waals surface area contributed by atoms with Crippen LogP contribution in [0.4, 0.5) is 0 Å². The molecule has 2 aromatic rings. The van der Waals surface area contributed by atoms with E-state index in [1.165, 1.54) is 49.0 Å². The Bertz CT molecular complexity index is 752. The second-order valence-corrected chi connectivity index (χ2v) is 6.79. The number of benzene rings is 1. The van der Waals surface area contributed by atoms with Gasteiger partial charge in [-0.2, -0.15) is 0 Å². The minimum atomic E-state index is 0.874. The first-order valence-corrected chi connectivity index (χ1v) is 8.66. The summed E-state index contributed by atoms with van der Waals surface area (Å²) in [4.78, 5) is 7.08. The van der Waals surface area contributed by atoms with Gasteiger partial charge in [-0.05, 0) is 60.6 Å². The van der Waals surface area contributed by atoms with Gasteiger partial charge < -0.3 is 9.64 Å². The molecule has 23 heavy (non-hydrogen) atoms. The van der Waals surface area contributed by atoms with Crippen LogP contribution in [0.3, 0.4) is 0 Å². The van der Waals surface area contributed by atoms with Crippen molar-refractivity contribution >= 4 is 17.0 Å². The molecular weight excluding hydrogens is 284 g/mol. The fraction of sp³-hybridized carbons (Fsp3) is 0.450. The highest BCUT2D eigenvalue weighted by Crippen LogP contribution is 2.40. The van der Waals surface area contributed by atoms with Crippen LogP contribution in [0.5, 0.6) is 5.75 Å². The molecule has 3 aliphatic heterocycles. The highest BCUT2D eigenvalue weighted by Gasteiger charge is 2.35. The van der Waals surface area contributed by atoms with Gasteiger partial charge in [0.1, 0.15) is 5.75 Å². The molecule has 3 saturated heterocycles. The van der Waals surface area contributed by atoms with Crippen LogP contribution < -0.4 is 4.74 Å². The highest BCUT2D eigenvalue weighted by atomic mass is 16.5. The number of pyridine rings is 1. The summed E-state index contributed by atoms with van der Waals surface area (Å²) in [5.74, 6) is 2.65. The lowest BCUT2D eigenvalue weighted by Gasteiger charge is -2.47. The monoisotopic (exact) mass is 308 g/mol. The average Bonchev–Trinajstić information content (AvgIpc) is 2.62. The fourth-order valence-corrected chi connectivity index (χ4v) is 4.20. The maximum Gasteiger partial charge on any atom is 0.119 e. The van der Waals surface area contributed by atoms with Crippen LogP contribution in [0.15, 0.2) is 36.2 Å². The summed E-state index contributed by atoms with van der Waals surface area (Å²) in [6, 6.07) is 8.23. The predicted molar refractivity (Wildman–Crippen MR) is 94.4 cm³/mol. The zero-order chi connectivity index (χ0) is 15.8. The second-order valence-electron chi connectivity index (χ2n) is 6.79. The van der Waals surface area contributed by atoms with Crippen molar-refractivity contribution in [3.8, 4) is 5.75 Å². The SMILES string of the molecule is CC[C@H]1CN2CC[C@H]1C/C2=C\c1ccnc2ccc(OC)cc12. The summed E-state index contributed by atoms with van der Waals surface area (Å²) in [5, 5.41) is 1.18. The summed E-state index contributed by atoms with van der Waals surface area (Å²) in [5.41, 5.74) is 3.79. The van der Waals surface area contributed by atoms with E-state index in [0.717, 1.165) is 23.1 Å². The molecule has 4 heterocycles. The number of allylic oxidation sites excluding steroid dienone is 1. The number of rotatable bonds is 3. The van der Waals surface area contributed by atoms with Crippen LogP contribution in [0.2, 0.25) is 0 Å². The smallest absolute Gasteiger partial charge is 0.119 e. The summed E-state index contributed by atoms with van der Waals surface area (Å²) in [6.07, 6.45) is 8.19. The van der Waals surface area contributed by atoms with Gasteiger partial charge in [-0.25, -0.2) is 0 Å². The minimum Gasteiger partial charge on any atom is -0.497 e. The Morgan fingerprint density at radius 3 is 3.00 bits per heavy atom. The molecule has 5 rings (SSSR count). The molecule has 0 saturated carbocycles. The Morgan fingerprint density at radius 1 is 1.35 bits per heavy atom. The predicted octanol–water partition coefficient (Wildman–Crippen LogP) is 4.34. The van der Waals surface area contributed by atoms with E-state index in [1.54, 1.807) is 7.11 Å². The zero-order valence-corrected chi connectivity index (χ0v) is 14.0. The molecule has 3 aliphatic rings. The van der Waals surface area contributed by atoms with Crippen molar-refractivity contribution in [3.05, 3.63) is 41.7 Å². The van der Waals surface area contributed by atoms with Crippen molar-refractivity contribution in [2.75, 3.05) is 20.2 Å². The van der Waals surface area contributed by atoms with Crippen LogP contribution in [-0.2, 0) is 0 Å². The summed E-state index contributed by atoms with van der Waals surface area (Å²) in [6.45, 7) is 4.79. The number of ether oxygens (including phenoxy) is 1. The molecule has 0 spiro atoms. The summed E-state index contributed by atoms with van der Waals surface area (Å²) in [7, 11) is 1.71. The van der Waals surface area contributed by atoms with Crippen molar-refractivity contribution in [1.82, 2.24) is 9.88 Å². The van der Waals surface area contributed by atoms with Gasteiger partial charge in [-0.15, -0.1) is 0 Å². The van der Waals surface area contributed by atoms with E-state index in [1.807, 2.05) is 18.3 Å². The molecule has 1 aromatic carbocycles. The van der Waals surface area contributed by atoms with E-state index in [9.17, 15) is 0 Å². The Morgan fingerprint density at radius 2 is 2.26 bits per heavy atom. The van der Waals surface area contributed by atoms with Crippen molar-refractivity contribution in [1.29, 1.82) is 0 Å². The molecule has 3 heteroatoms. The molecule has 0 N–H and O–H groups in total. The third-order valence-electron chi connectivity index (χ3n) is 5.60. The van der Waals surface area contributed by atoms with Crippen LogP contribution in [0.1, 0.15) is 31.7 Å².